The standard InChI is InChI=1S/C18H28O3/c1-13(8-10-17(20)21)7-9-15(19)12-16-14(2)6-5-11-18(16,3)4/h7-9,12,14,16,19H,5-6,10-11H2,1-4H3,(H,20,21). The molecule has 2 atom stereocenters. The van der Waals surface area contributed by atoms with Crippen molar-refractivity contribution in [3.63, 3.8) is 0 Å². The fourth-order valence-electron chi connectivity index (χ4n) is 3.16. The molecule has 0 amide bonds. The van der Waals surface area contributed by atoms with E-state index in [-0.39, 0.29) is 17.6 Å². The minimum absolute atomic E-state index is 0.00728. The van der Waals surface area contributed by atoms with Crippen LogP contribution in [0, 0.1) is 17.3 Å². The third-order valence-electron chi connectivity index (χ3n) is 4.46. The van der Waals surface area contributed by atoms with E-state index in [1.807, 2.05) is 13.0 Å². The van der Waals surface area contributed by atoms with Gasteiger partial charge in [-0.2, -0.15) is 0 Å². The summed E-state index contributed by atoms with van der Waals surface area (Å²) in [6, 6.07) is 0. The Morgan fingerprint density at radius 1 is 1.29 bits per heavy atom. The highest BCUT2D eigenvalue weighted by Gasteiger charge is 2.35. The lowest BCUT2D eigenvalue weighted by Crippen LogP contribution is -2.32. The van der Waals surface area contributed by atoms with Crippen molar-refractivity contribution in [2.45, 2.75) is 53.4 Å². The van der Waals surface area contributed by atoms with Gasteiger partial charge in [0.15, 0.2) is 0 Å². The van der Waals surface area contributed by atoms with E-state index >= 15 is 0 Å². The van der Waals surface area contributed by atoms with Gasteiger partial charge in [-0.15, -0.1) is 0 Å². The molecule has 0 aromatic carbocycles. The van der Waals surface area contributed by atoms with Crippen LogP contribution in [0.5, 0.6) is 0 Å². The van der Waals surface area contributed by atoms with Crippen LogP contribution >= 0.6 is 0 Å². The summed E-state index contributed by atoms with van der Waals surface area (Å²) in [4.78, 5) is 10.5. The number of aliphatic hydroxyl groups excluding tert-OH is 1. The third kappa shape index (κ3) is 5.78. The summed E-state index contributed by atoms with van der Waals surface area (Å²) < 4.78 is 0. The van der Waals surface area contributed by atoms with Crippen molar-refractivity contribution >= 4 is 5.97 Å². The molecule has 1 aliphatic carbocycles. The van der Waals surface area contributed by atoms with Gasteiger partial charge in [-0.05, 0) is 42.7 Å². The zero-order chi connectivity index (χ0) is 16.0. The second-order valence-corrected chi connectivity index (χ2v) is 6.85. The Kier molecular flexibility index (Phi) is 6.25. The van der Waals surface area contributed by atoms with Gasteiger partial charge in [0.2, 0.25) is 0 Å². The summed E-state index contributed by atoms with van der Waals surface area (Å²) in [5, 5.41) is 18.7. The highest BCUT2D eigenvalue weighted by atomic mass is 16.4. The number of allylic oxidation sites excluding steroid dienone is 4. The molecule has 0 heterocycles. The van der Waals surface area contributed by atoms with Crippen molar-refractivity contribution in [1.82, 2.24) is 0 Å². The van der Waals surface area contributed by atoms with Crippen LogP contribution in [0.2, 0.25) is 0 Å². The quantitative estimate of drug-likeness (QED) is 0.561. The predicted octanol–water partition coefficient (Wildman–Crippen LogP) is 4.87. The van der Waals surface area contributed by atoms with Crippen LogP contribution in [0.15, 0.2) is 35.6 Å². The Morgan fingerprint density at radius 2 is 1.95 bits per heavy atom. The van der Waals surface area contributed by atoms with Crippen molar-refractivity contribution in [3.05, 3.63) is 35.6 Å². The Morgan fingerprint density at radius 3 is 2.52 bits per heavy atom. The molecule has 118 valence electrons. The second-order valence-electron chi connectivity index (χ2n) is 6.85. The molecule has 0 aromatic heterocycles. The van der Waals surface area contributed by atoms with Crippen molar-refractivity contribution < 1.29 is 15.0 Å². The van der Waals surface area contributed by atoms with Crippen molar-refractivity contribution in [2.24, 2.45) is 17.3 Å². The average Bonchev–Trinajstić information content (AvgIpc) is 2.38. The highest BCUT2D eigenvalue weighted by Crippen LogP contribution is 2.44. The first-order valence-corrected chi connectivity index (χ1v) is 7.70. The minimum atomic E-state index is -0.847. The average molecular weight is 292 g/mol. The predicted molar refractivity (Wildman–Crippen MR) is 86.1 cm³/mol. The largest absolute Gasteiger partial charge is 0.508 e. The van der Waals surface area contributed by atoms with Crippen molar-refractivity contribution in [1.29, 1.82) is 0 Å². The van der Waals surface area contributed by atoms with Gasteiger partial charge in [-0.3, -0.25) is 4.79 Å². The maximum Gasteiger partial charge on any atom is 0.307 e. The molecule has 0 aromatic rings. The van der Waals surface area contributed by atoms with Crippen LogP contribution in [0.4, 0.5) is 0 Å². The Balaban J connectivity index is 2.75. The van der Waals surface area contributed by atoms with E-state index < -0.39 is 5.97 Å². The molecule has 3 heteroatoms. The number of rotatable bonds is 5. The van der Waals surface area contributed by atoms with Crippen LogP contribution in [-0.4, -0.2) is 16.2 Å². The van der Waals surface area contributed by atoms with Gasteiger partial charge in [0.05, 0.1) is 6.42 Å². The summed E-state index contributed by atoms with van der Waals surface area (Å²) in [7, 11) is 0. The number of carboxylic acid groups (broad SMARTS) is 1. The molecule has 0 radical (unpaired) electrons. The van der Waals surface area contributed by atoms with E-state index in [1.54, 1.807) is 18.2 Å². The Labute approximate surface area is 128 Å². The maximum absolute atomic E-state index is 10.5. The minimum Gasteiger partial charge on any atom is -0.508 e. The van der Waals surface area contributed by atoms with Gasteiger partial charge in [0, 0.05) is 0 Å². The van der Waals surface area contributed by atoms with Crippen molar-refractivity contribution in [3.8, 4) is 0 Å². The molecule has 1 rings (SSSR count). The van der Waals surface area contributed by atoms with Gasteiger partial charge in [0.1, 0.15) is 5.76 Å². The first-order valence-electron chi connectivity index (χ1n) is 7.70. The lowest BCUT2D eigenvalue weighted by Gasteiger charge is -2.41. The molecule has 1 saturated carbocycles. The zero-order valence-electron chi connectivity index (χ0n) is 13.6. The summed E-state index contributed by atoms with van der Waals surface area (Å²) in [6.07, 6.45) is 10.7. The van der Waals surface area contributed by atoms with Gasteiger partial charge >= 0.3 is 5.97 Å². The normalized spacial score (nSPS) is 27.0. The summed E-state index contributed by atoms with van der Waals surface area (Å²) in [6.45, 7) is 8.61. The molecular formula is C18H28O3. The van der Waals surface area contributed by atoms with Crippen LogP contribution in [-0.2, 0) is 4.79 Å². The van der Waals surface area contributed by atoms with Crippen LogP contribution < -0.4 is 0 Å². The summed E-state index contributed by atoms with van der Waals surface area (Å²) in [5.74, 6) is 0.373. The van der Waals surface area contributed by atoms with E-state index in [4.69, 9.17) is 5.11 Å². The van der Waals surface area contributed by atoms with E-state index in [0.29, 0.717) is 11.8 Å². The zero-order valence-corrected chi connectivity index (χ0v) is 13.6. The number of carboxylic acids is 1. The van der Waals surface area contributed by atoms with Crippen molar-refractivity contribution in [2.75, 3.05) is 0 Å². The van der Waals surface area contributed by atoms with Gasteiger partial charge in [0.25, 0.3) is 0 Å². The van der Waals surface area contributed by atoms with Crippen LogP contribution in [0.25, 0.3) is 0 Å². The Bertz CT molecular complexity index is 455. The highest BCUT2D eigenvalue weighted by molar-refractivity contribution is 5.68. The first-order chi connectivity index (χ1) is 9.72. The molecule has 0 bridgehead atoms. The molecule has 2 unspecified atom stereocenters. The number of carbonyl (C=O) groups is 1. The maximum atomic E-state index is 10.5. The van der Waals surface area contributed by atoms with Gasteiger partial charge in [-0.25, -0.2) is 0 Å². The van der Waals surface area contributed by atoms with Gasteiger partial charge < -0.3 is 10.2 Å². The van der Waals surface area contributed by atoms with E-state index in [1.165, 1.54) is 19.3 Å². The molecule has 1 fully saturated rings. The second kappa shape index (κ2) is 7.48. The van der Waals surface area contributed by atoms with Crippen LogP contribution in [0.1, 0.15) is 53.4 Å². The number of aliphatic carboxylic acids is 1. The number of aliphatic hydroxyl groups is 1. The van der Waals surface area contributed by atoms with E-state index in [9.17, 15) is 9.90 Å². The molecule has 0 spiro atoms. The first kappa shape index (κ1) is 17.5. The SMILES string of the molecule is CC(C=CC(O)=CC1C(C)CCCC1(C)C)=CCC(=O)O. The lowest BCUT2D eigenvalue weighted by atomic mass is 9.64. The fraction of sp³-hybridized carbons (Fsp3) is 0.611. The molecule has 21 heavy (non-hydrogen) atoms. The molecule has 0 aliphatic heterocycles. The fourth-order valence-corrected chi connectivity index (χ4v) is 3.16. The molecule has 0 saturated heterocycles. The Hall–Kier alpha value is -1.51. The monoisotopic (exact) mass is 292 g/mol. The molecule has 2 N–H and O–H groups in total. The topological polar surface area (TPSA) is 57.5 Å². The van der Waals surface area contributed by atoms with Gasteiger partial charge in [-0.1, -0.05) is 51.3 Å². The van der Waals surface area contributed by atoms with E-state index in [2.05, 4.69) is 20.8 Å². The molecular weight excluding hydrogens is 264 g/mol. The smallest absolute Gasteiger partial charge is 0.307 e. The lowest BCUT2D eigenvalue weighted by molar-refractivity contribution is -0.136. The number of hydrogen-bond acceptors (Lipinski definition) is 2. The van der Waals surface area contributed by atoms with E-state index in [0.717, 1.165) is 5.57 Å². The third-order valence-corrected chi connectivity index (χ3v) is 4.46. The summed E-state index contributed by atoms with van der Waals surface area (Å²) in [5.41, 5.74) is 1.06. The molecule has 3 nitrogen and oxygen atoms in total. The number of hydrogen-bond donors (Lipinski definition) is 2. The molecule has 1 aliphatic rings. The summed E-state index contributed by atoms with van der Waals surface area (Å²) >= 11 is 0. The van der Waals surface area contributed by atoms with Crippen LogP contribution in [0.3, 0.4) is 0 Å².